The van der Waals surface area contributed by atoms with Crippen LogP contribution in [0.15, 0.2) is 11.6 Å². The summed E-state index contributed by atoms with van der Waals surface area (Å²) in [5.41, 5.74) is 5.19. The summed E-state index contributed by atoms with van der Waals surface area (Å²) in [6.07, 6.45) is 1.65. The molecule has 0 aliphatic carbocycles. The Hall–Kier alpha value is -0.980. The molecule has 82 valence electrons. The molecule has 1 aliphatic rings. The molecule has 6 heteroatoms. The average molecular weight is 227 g/mol. The van der Waals surface area contributed by atoms with E-state index in [1.54, 1.807) is 6.20 Å². The highest BCUT2D eigenvalue weighted by atomic mass is 32.1. The van der Waals surface area contributed by atoms with Crippen LogP contribution in [-0.4, -0.2) is 30.1 Å². The summed E-state index contributed by atoms with van der Waals surface area (Å²) in [6, 6.07) is -0.252. The molecule has 15 heavy (non-hydrogen) atoms. The van der Waals surface area contributed by atoms with Crippen LogP contribution in [0.4, 0.5) is 5.13 Å². The van der Waals surface area contributed by atoms with E-state index in [0.717, 1.165) is 0 Å². The van der Waals surface area contributed by atoms with E-state index in [0.29, 0.717) is 18.3 Å². The minimum atomic E-state index is -0.647. The third-order valence-corrected chi connectivity index (χ3v) is 3.38. The Balaban J connectivity index is 2.07. The maximum Gasteiger partial charge on any atom is 0.236 e. The number of carbonyl (C=O) groups excluding carboxylic acids is 1. The zero-order chi connectivity index (χ0) is 10.9. The molecule has 0 aromatic carbocycles. The normalized spacial score (nSPS) is 30.4. The number of amides is 1. The number of hydrogen-bond acceptors (Lipinski definition) is 5. The van der Waals surface area contributed by atoms with Crippen LogP contribution in [0.2, 0.25) is 0 Å². The molecule has 0 radical (unpaired) electrons. The first-order chi connectivity index (χ1) is 7.13. The Labute approximate surface area is 91.6 Å². The second-order valence-electron chi connectivity index (χ2n) is 3.83. The van der Waals surface area contributed by atoms with E-state index < -0.39 is 5.41 Å². The third-order valence-electron chi connectivity index (χ3n) is 2.69. The first-order valence-corrected chi connectivity index (χ1v) is 5.55. The van der Waals surface area contributed by atoms with Gasteiger partial charge in [-0.2, -0.15) is 0 Å². The van der Waals surface area contributed by atoms with Crippen molar-refractivity contribution in [2.75, 3.05) is 18.5 Å². The lowest BCUT2D eigenvalue weighted by Crippen LogP contribution is -2.47. The number of ether oxygens (including phenoxy) is 1. The average Bonchev–Trinajstić information content (AvgIpc) is 2.79. The molecule has 1 fully saturated rings. The van der Waals surface area contributed by atoms with Gasteiger partial charge in [-0.05, 0) is 6.92 Å². The molecular formula is C9H13N3O2S. The molecule has 0 spiro atoms. The Kier molecular flexibility index (Phi) is 2.72. The van der Waals surface area contributed by atoms with Crippen molar-refractivity contribution in [3.05, 3.63) is 11.6 Å². The number of nitrogens with zero attached hydrogens (tertiary/aromatic N) is 1. The smallest absolute Gasteiger partial charge is 0.236 e. The van der Waals surface area contributed by atoms with Gasteiger partial charge in [-0.1, -0.05) is 0 Å². The van der Waals surface area contributed by atoms with Gasteiger partial charge in [-0.15, -0.1) is 11.3 Å². The van der Waals surface area contributed by atoms with Crippen molar-refractivity contribution < 1.29 is 9.53 Å². The number of rotatable bonds is 2. The third kappa shape index (κ3) is 1.88. The van der Waals surface area contributed by atoms with Crippen LogP contribution >= 0.6 is 11.3 Å². The van der Waals surface area contributed by atoms with E-state index in [-0.39, 0.29) is 11.9 Å². The Morgan fingerprint density at radius 2 is 2.67 bits per heavy atom. The van der Waals surface area contributed by atoms with Gasteiger partial charge in [-0.25, -0.2) is 4.98 Å². The molecule has 5 nitrogen and oxygen atoms in total. The van der Waals surface area contributed by atoms with Crippen LogP contribution in [0.25, 0.3) is 0 Å². The monoisotopic (exact) mass is 227 g/mol. The molecule has 2 rings (SSSR count). The number of anilines is 1. The van der Waals surface area contributed by atoms with Crippen LogP contribution in [-0.2, 0) is 9.53 Å². The molecular weight excluding hydrogens is 214 g/mol. The Bertz CT molecular complexity index is 354. The van der Waals surface area contributed by atoms with Gasteiger partial charge in [0, 0.05) is 17.6 Å². The minimum Gasteiger partial charge on any atom is -0.379 e. The topological polar surface area (TPSA) is 77.2 Å². The lowest BCUT2D eigenvalue weighted by atomic mass is 9.85. The zero-order valence-electron chi connectivity index (χ0n) is 8.40. The number of aromatic nitrogens is 1. The zero-order valence-corrected chi connectivity index (χ0v) is 9.21. The van der Waals surface area contributed by atoms with Gasteiger partial charge in [0.25, 0.3) is 0 Å². The maximum atomic E-state index is 11.9. The predicted molar refractivity (Wildman–Crippen MR) is 57.6 cm³/mol. The lowest BCUT2D eigenvalue weighted by Gasteiger charge is -2.24. The first-order valence-electron chi connectivity index (χ1n) is 4.67. The van der Waals surface area contributed by atoms with Crippen molar-refractivity contribution in [2.24, 2.45) is 11.1 Å². The highest BCUT2D eigenvalue weighted by Gasteiger charge is 2.44. The minimum absolute atomic E-state index is 0.123. The molecule has 3 N–H and O–H groups in total. The maximum absolute atomic E-state index is 11.9. The number of hydrogen-bond donors (Lipinski definition) is 2. The molecule has 1 aromatic heterocycles. The van der Waals surface area contributed by atoms with E-state index >= 15 is 0 Å². The fraction of sp³-hybridized carbons (Fsp3) is 0.556. The molecule has 0 saturated carbocycles. The molecule has 0 bridgehead atoms. The highest BCUT2D eigenvalue weighted by Crippen LogP contribution is 2.28. The molecule has 1 amide bonds. The Morgan fingerprint density at radius 1 is 1.87 bits per heavy atom. The summed E-state index contributed by atoms with van der Waals surface area (Å²) in [7, 11) is 0. The van der Waals surface area contributed by atoms with E-state index in [9.17, 15) is 4.79 Å². The van der Waals surface area contributed by atoms with Crippen LogP contribution < -0.4 is 11.1 Å². The molecule has 2 heterocycles. The van der Waals surface area contributed by atoms with E-state index in [1.165, 1.54) is 11.3 Å². The van der Waals surface area contributed by atoms with E-state index in [4.69, 9.17) is 10.5 Å². The number of nitrogens with one attached hydrogen (secondary N) is 1. The number of thiazole rings is 1. The summed E-state index contributed by atoms with van der Waals surface area (Å²) in [4.78, 5) is 15.9. The number of nitrogens with two attached hydrogens (primary N) is 1. The van der Waals surface area contributed by atoms with Crippen molar-refractivity contribution >= 4 is 22.4 Å². The molecule has 2 atom stereocenters. The van der Waals surface area contributed by atoms with Crippen molar-refractivity contribution in [1.82, 2.24) is 4.98 Å². The summed E-state index contributed by atoms with van der Waals surface area (Å²) in [5.74, 6) is -0.123. The van der Waals surface area contributed by atoms with Gasteiger partial charge in [0.1, 0.15) is 0 Å². The second kappa shape index (κ2) is 3.88. The molecule has 2 unspecified atom stereocenters. The van der Waals surface area contributed by atoms with Crippen LogP contribution in [0.3, 0.4) is 0 Å². The second-order valence-corrected chi connectivity index (χ2v) is 4.73. The first kappa shape index (κ1) is 10.5. The Morgan fingerprint density at radius 3 is 3.20 bits per heavy atom. The fourth-order valence-electron chi connectivity index (χ4n) is 1.45. The van der Waals surface area contributed by atoms with E-state index in [1.807, 2.05) is 12.3 Å². The van der Waals surface area contributed by atoms with Crippen molar-refractivity contribution in [3.8, 4) is 0 Å². The van der Waals surface area contributed by atoms with Crippen LogP contribution in [0, 0.1) is 5.41 Å². The fourth-order valence-corrected chi connectivity index (χ4v) is 1.97. The van der Waals surface area contributed by atoms with E-state index in [2.05, 4.69) is 10.3 Å². The van der Waals surface area contributed by atoms with Crippen molar-refractivity contribution in [2.45, 2.75) is 13.0 Å². The summed E-state index contributed by atoms with van der Waals surface area (Å²) in [5, 5.41) is 5.15. The van der Waals surface area contributed by atoms with Gasteiger partial charge in [-0.3, -0.25) is 4.79 Å². The quantitative estimate of drug-likeness (QED) is 0.768. The van der Waals surface area contributed by atoms with Gasteiger partial charge < -0.3 is 15.8 Å². The predicted octanol–water partition coefficient (Wildman–Crippen LogP) is 0.445. The van der Waals surface area contributed by atoms with Crippen LogP contribution in [0.1, 0.15) is 6.92 Å². The summed E-state index contributed by atoms with van der Waals surface area (Å²) < 4.78 is 5.21. The highest BCUT2D eigenvalue weighted by molar-refractivity contribution is 7.13. The van der Waals surface area contributed by atoms with Gasteiger partial charge in [0.15, 0.2) is 5.13 Å². The van der Waals surface area contributed by atoms with Crippen molar-refractivity contribution in [3.63, 3.8) is 0 Å². The lowest BCUT2D eigenvalue weighted by molar-refractivity contribution is -0.125. The van der Waals surface area contributed by atoms with Gasteiger partial charge >= 0.3 is 0 Å². The SMILES string of the molecule is CC1(C(=O)Nc2nccs2)COCC1N. The summed E-state index contributed by atoms with van der Waals surface area (Å²) in [6.45, 7) is 2.61. The molecule has 1 saturated heterocycles. The van der Waals surface area contributed by atoms with Crippen LogP contribution in [0.5, 0.6) is 0 Å². The molecule has 1 aliphatic heterocycles. The largest absolute Gasteiger partial charge is 0.379 e. The molecule has 1 aromatic rings. The van der Waals surface area contributed by atoms with Gasteiger partial charge in [0.2, 0.25) is 5.91 Å². The van der Waals surface area contributed by atoms with Crippen molar-refractivity contribution in [1.29, 1.82) is 0 Å². The van der Waals surface area contributed by atoms with Gasteiger partial charge in [0.05, 0.1) is 18.6 Å². The number of carbonyl (C=O) groups is 1. The standard InChI is InChI=1S/C9H13N3O2S/c1-9(5-14-4-6(9)10)7(13)12-8-11-2-3-15-8/h2-3,6H,4-5,10H2,1H3,(H,11,12,13). The summed E-state index contributed by atoms with van der Waals surface area (Å²) >= 11 is 1.39.